The Labute approximate surface area is 146 Å². The quantitative estimate of drug-likeness (QED) is 0.592. The number of hydrogen-bond donors (Lipinski definition) is 0. The third-order valence-electron chi connectivity index (χ3n) is 4.05. The highest BCUT2D eigenvalue weighted by Gasteiger charge is 2.03. The van der Waals surface area contributed by atoms with Crippen LogP contribution in [0.1, 0.15) is 12.5 Å². The summed E-state index contributed by atoms with van der Waals surface area (Å²) in [6.07, 6.45) is 2.51. The van der Waals surface area contributed by atoms with Crippen molar-refractivity contribution in [3.05, 3.63) is 70.8 Å². The van der Waals surface area contributed by atoms with Gasteiger partial charge in [-0.3, -0.25) is 9.36 Å². The number of nitrogens with zero attached hydrogens (tertiary/aromatic N) is 2. The van der Waals surface area contributed by atoms with Gasteiger partial charge in [0.15, 0.2) is 0 Å². The Kier molecular flexibility index (Phi) is 5.80. The Hall–Kier alpha value is -2.66. The van der Waals surface area contributed by atoms with Crippen LogP contribution in [0.2, 0.25) is 0 Å². The van der Waals surface area contributed by atoms with Crippen molar-refractivity contribution in [3.63, 3.8) is 0 Å². The Morgan fingerprint density at radius 2 is 1.80 bits per heavy atom. The molecule has 0 atom stereocenters. The highest BCUT2D eigenvalue weighted by Crippen LogP contribution is 2.17. The maximum absolute atomic E-state index is 12.3. The van der Waals surface area contributed by atoms with Crippen LogP contribution in [-0.4, -0.2) is 29.4 Å². The van der Waals surface area contributed by atoms with Crippen LogP contribution in [0, 0.1) is 0 Å². The number of rotatable bonds is 8. The number of hydrogen-bond acceptors (Lipinski definition) is 4. The molecule has 0 fully saturated rings. The van der Waals surface area contributed by atoms with Crippen molar-refractivity contribution < 1.29 is 9.47 Å². The minimum Gasteiger partial charge on any atom is -0.491 e. The van der Waals surface area contributed by atoms with E-state index in [1.54, 1.807) is 17.0 Å². The molecule has 5 heteroatoms. The predicted molar refractivity (Wildman–Crippen MR) is 98.1 cm³/mol. The van der Waals surface area contributed by atoms with E-state index < -0.39 is 0 Å². The van der Waals surface area contributed by atoms with Crippen LogP contribution in [0.25, 0.3) is 10.9 Å². The molecule has 130 valence electrons. The van der Waals surface area contributed by atoms with E-state index in [9.17, 15) is 4.79 Å². The van der Waals surface area contributed by atoms with E-state index in [4.69, 9.17) is 9.47 Å². The summed E-state index contributed by atoms with van der Waals surface area (Å²) in [4.78, 5) is 16.6. The fourth-order valence-corrected chi connectivity index (χ4v) is 2.68. The third kappa shape index (κ3) is 4.25. The standard InChI is InChI=1S/C20H22N2O3/c1-2-16-7-3-6-10-19(16)25-14-13-24-12-11-22-15-21-18-9-5-4-8-17(18)20(22)23/h3-10,15H,2,11-14H2,1H3. The maximum atomic E-state index is 12.3. The lowest BCUT2D eigenvalue weighted by Gasteiger charge is -2.11. The molecule has 0 saturated carbocycles. The van der Waals surface area contributed by atoms with Gasteiger partial charge in [-0.05, 0) is 30.2 Å². The fourth-order valence-electron chi connectivity index (χ4n) is 2.68. The first-order chi connectivity index (χ1) is 12.3. The molecule has 0 spiro atoms. The molecule has 1 aromatic heterocycles. The number of para-hydroxylation sites is 2. The molecule has 3 rings (SSSR count). The summed E-state index contributed by atoms with van der Waals surface area (Å²) >= 11 is 0. The second-order valence-electron chi connectivity index (χ2n) is 5.68. The number of fused-ring (bicyclic) bond motifs is 1. The molecule has 0 aliphatic carbocycles. The van der Waals surface area contributed by atoms with Gasteiger partial charge in [-0.2, -0.15) is 0 Å². The molecule has 2 aromatic carbocycles. The summed E-state index contributed by atoms with van der Waals surface area (Å²) in [6.45, 7) is 3.99. The summed E-state index contributed by atoms with van der Waals surface area (Å²) in [6, 6.07) is 15.4. The van der Waals surface area contributed by atoms with Gasteiger partial charge < -0.3 is 9.47 Å². The number of aromatic nitrogens is 2. The van der Waals surface area contributed by atoms with Gasteiger partial charge in [0, 0.05) is 0 Å². The largest absolute Gasteiger partial charge is 0.491 e. The molecule has 0 saturated heterocycles. The Bertz CT molecular complexity index is 889. The molecule has 0 N–H and O–H groups in total. The van der Waals surface area contributed by atoms with Gasteiger partial charge >= 0.3 is 0 Å². The molecular formula is C20H22N2O3. The maximum Gasteiger partial charge on any atom is 0.261 e. The van der Waals surface area contributed by atoms with Crippen molar-refractivity contribution in [1.29, 1.82) is 0 Å². The topological polar surface area (TPSA) is 53.4 Å². The molecule has 25 heavy (non-hydrogen) atoms. The Balaban J connectivity index is 1.46. The van der Waals surface area contributed by atoms with Crippen molar-refractivity contribution in [2.45, 2.75) is 19.9 Å². The molecular weight excluding hydrogens is 316 g/mol. The van der Waals surface area contributed by atoms with Crippen molar-refractivity contribution in [1.82, 2.24) is 9.55 Å². The second kappa shape index (κ2) is 8.44. The Morgan fingerprint density at radius 3 is 2.68 bits per heavy atom. The van der Waals surface area contributed by atoms with Gasteiger partial charge in [-0.25, -0.2) is 4.98 Å². The van der Waals surface area contributed by atoms with E-state index >= 15 is 0 Å². The lowest BCUT2D eigenvalue weighted by Crippen LogP contribution is -2.23. The van der Waals surface area contributed by atoms with E-state index in [1.165, 1.54) is 5.56 Å². The monoisotopic (exact) mass is 338 g/mol. The van der Waals surface area contributed by atoms with E-state index in [1.807, 2.05) is 36.4 Å². The fraction of sp³-hybridized carbons (Fsp3) is 0.300. The summed E-state index contributed by atoms with van der Waals surface area (Å²) in [7, 11) is 0. The van der Waals surface area contributed by atoms with E-state index in [0.717, 1.165) is 12.2 Å². The zero-order valence-electron chi connectivity index (χ0n) is 14.4. The lowest BCUT2D eigenvalue weighted by molar-refractivity contribution is 0.0935. The van der Waals surface area contributed by atoms with E-state index in [2.05, 4.69) is 18.0 Å². The van der Waals surface area contributed by atoms with Gasteiger partial charge in [0.25, 0.3) is 5.56 Å². The van der Waals surface area contributed by atoms with Gasteiger partial charge in [-0.15, -0.1) is 0 Å². The van der Waals surface area contributed by atoms with Crippen LogP contribution in [0.3, 0.4) is 0 Å². The molecule has 5 nitrogen and oxygen atoms in total. The molecule has 0 bridgehead atoms. The first kappa shape index (κ1) is 17.2. The van der Waals surface area contributed by atoms with Crippen LogP contribution in [0.5, 0.6) is 5.75 Å². The van der Waals surface area contributed by atoms with E-state index in [-0.39, 0.29) is 5.56 Å². The normalized spacial score (nSPS) is 10.9. The van der Waals surface area contributed by atoms with Gasteiger partial charge in [0.2, 0.25) is 0 Å². The van der Waals surface area contributed by atoms with Crippen LogP contribution >= 0.6 is 0 Å². The number of aryl methyl sites for hydroxylation is 1. The van der Waals surface area contributed by atoms with Crippen molar-refractivity contribution in [2.75, 3.05) is 19.8 Å². The molecule has 0 aliphatic rings. The first-order valence-corrected chi connectivity index (χ1v) is 8.52. The highest BCUT2D eigenvalue weighted by molar-refractivity contribution is 5.76. The molecule has 0 unspecified atom stereocenters. The van der Waals surface area contributed by atoms with Gasteiger partial charge in [0.1, 0.15) is 12.4 Å². The third-order valence-corrected chi connectivity index (χ3v) is 4.05. The lowest BCUT2D eigenvalue weighted by atomic mass is 10.1. The summed E-state index contributed by atoms with van der Waals surface area (Å²) in [5.41, 5.74) is 1.87. The number of benzene rings is 2. The van der Waals surface area contributed by atoms with Crippen LogP contribution in [0.15, 0.2) is 59.7 Å². The van der Waals surface area contributed by atoms with Crippen LogP contribution < -0.4 is 10.3 Å². The molecule has 1 heterocycles. The van der Waals surface area contributed by atoms with Crippen molar-refractivity contribution in [2.24, 2.45) is 0 Å². The smallest absolute Gasteiger partial charge is 0.261 e. The SMILES string of the molecule is CCc1ccccc1OCCOCCn1cnc2ccccc2c1=O. The summed E-state index contributed by atoms with van der Waals surface area (Å²) in [5.74, 6) is 0.906. The average Bonchev–Trinajstić information content (AvgIpc) is 2.66. The van der Waals surface area contributed by atoms with Gasteiger partial charge in [0.05, 0.1) is 37.0 Å². The van der Waals surface area contributed by atoms with Crippen LogP contribution in [0.4, 0.5) is 0 Å². The van der Waals surface area contributed by atoms with Crippen LogP contribution in [-0.2, 0) is 17.7 Å². The zero-order valence-corrected chi connectivity index (χ0v) is 14.4. The molecule has 3 aromatic rings. The molecule has 0 radical (unpaired) electrons. The minimum atomic E-state index is -0.0395. The summed E-state index contributed by atoms with van der Waals surface area (Å²) in [5, 5.41) is 0.629. The number of ether oxygens (including phenoxy) is 2. The highest BCUT2D eigenvalue weighted by atomic mass is 16.5. The average molecular weight is 338 g/mol. The second-order valence-corrected chi connectivity index (χ2v) is 5.68. The summed E-state index contributed by atoms with van der Waals surface area (Å²) < 4.78 is 12.9. The zero-order chi connectivity index (χ0) is 17.5. The van der Waals surface area contributed by atoms with Crippen molar-refractivity contribution in [3.8, 4) is 5.75 Å². The Morgan fingerprint density at radius 1 is 1.00 bits per heavy atom. The predicted octanol–water partition coefficient (Wildman–Crippen LogP) is 3.05. The first-order valence-electron chi connectivity index (χ1n) is 8.52. The van der Waals surface area contributed by atoms with Crippen molar-refractivity contribution >= 4 is 10.9 Å². The minimum absolute atomic E-state index is 0.0395. The van der Waals surface area contributed by atoms with E-state index in [0.29, 0.717) is 37.3 Å². The molecule has 0 amide bonds. The van der Waals surface area contributed by atoms with Gasteiger partial charge in [-0.1, -0.05) is 37.3 Å². The molecule has 0 aliphatic heterocycles.